The maximum atomic E-state index is 13.0. The van der Waals surface area contributed by atoms with E-state index in [0.717, 1.165) is 4.90 Å². The van der Waals surface area contributed by atoms with E-state index in [2.05, 4.69) is 15.1 Å². The molecule has 3 amide bonds. The van der Waals surface area contributed by atoms with E-state index in [4.69, 9.17) is 4.84 Å². The second-order valence-electron chi connectivity index (χ2n) is 6.21. The third-order valence-electron chi connectivity index (χ3n) is 4.42. The Morgan fingerprint density at radius 3 is 2.77 bits per heavy atom. The number of hydroxylamine groups is 3. The van der Waals surface area contributed by atoms with Crippen molar-refractivity contribution in [2.45, 2.75) is 43.6 Å². The molecule has 26 heavy (non-hydrogen) atoms. The molecule has 0 spiro atoms. The summed E-state index contributed by atoms with van der Waals surface area (Å²) >= 11 is 0. The van der Waals surface area contributed by atoms with Gasteiger partial charge in [-0.25, -0.2) is 23.1 Å². The maximum absolute atomic E-state index is 13.0. The van der Waals surface area contributed by atoms with E-state index < -0.39 is 40.6 Å². The van der Waals surface area contributed by atoms with Crippen LogP contribution in [0.15, 0.2) is 0 Å². The number of piperidine rings is 1. The van der Waals surface area contributed by atoms with Gasteiger partial charge in [0.1, 0.15) is 12.2 Å². The fraction of sp³-hybridized carbons (Fsp3) is 0.833. The minimum atomic E-state index is -5.08. The molecule has 3 aliphatic rings. The predicted molar refractivity (Wildman–Crippen MR) is 76.9 cm³/mol. The van der Waals surface area contributed by atoms with Crippen LogP contribution in [0.4, 0.5) is 9.18 Å². The number of alkyl halides is 1. The van der Waals surface area contributed by atoms with Gasteiger partial charge in [-0.2, -0.15) is 9.35 Å². The van der Waals surface area contributed by atoms with Crippen LogP contribution in [-0.4, -0.2) is 78.9 Å². The average Bonchev–Trinajstić information content (AvgIpc) is 3.04. The van der Waals surface area contributed by atoms with Crippen LogP contribution in [0.3, 0.4) is 0 Å². The summed E-state index contributed by atoms with van der Waals surface area (Å²) in [4.78, 5) is 30.5. The molecule has 0 aromatic carbocycles. The zero-order valence-corrected chi connectivity index (χ0v) is 16.9. The molecule has 0 unspecified atom stereocenters. The number of carbonyl (C=O) groups is 2. The summed E-state index contributed by atoms with van der Waals surface area (Å²) < 4.78 is 49.3. The Morgan fingerprint density at radius 2 is 2.15 bits per heavy atom. The molecule has 3 rings (SSSR count). The van der Waals surface area contributed by atoms with Crippen molar-refractivity contribution >= 4 is 22.3 Å². The van der Waals surface area contributed by atoms with E-state index in [1.54, 1.807) is 0 Å². The smallest absolute Gasteiger partial charge is 0.724 e. The fourth-order valence-corrected chi connectivity index (χ4v) is 3.66. The minimum absolute atomic E-state index is 0. The molecule has 142 valence electrons. The minimum Gasteiger partial charge on any atom is -0.724 e. The molecule has 0 saturated carbocycles. The number of hydrogen-bond acceptors (Lipinski definition) is 8. The van der Waals surface area contributed by atoms with Gasteiger partial charge >= 0.3 is 35.6 Å². The van der Waals surface area contributed by atoms with Gasteiger partial charge in [-0.3, -0.25) is 9.63 Å². The largest absolute Gasteiger partial charge is 1.00 e. The summed E-state index contributed by atoms with van der Waals surface area (Å²) in [6, 6.07) is -2.53. The Labute approximate surface area is 171 Å². The van der Waals surface area contributed by atoms with Crippen molar-refractivity contribution in [1.29, 1.82) is 0 Å². The Hall–Kier alpha value is -0.540. The molecule has 2 N–H and O–H groups in total. The zero-order valence-electron chi connectivity index (χ0n) is 14.1. The topological polar surface area (TPSA) is 140 Å². The van der Waals surface area contributed by atoms with Crippen LogP contribution in [-0.2, 0) is 24.3 Å². The second kappa shape index (κ2) is 8.65. The number of fused-ring (bicyclic) bond motifs is 2. The van der Waals surface area contributed by atoms with E-state index in [-0.39, 0.29) is 61.7 Å². The van der Waals surface area contributed by atoms with Gasteiger partial charge in [0.2, 0.25) is 10.4 Å². The number of carbonyl (C=O) groups excluding carboxylic acids is 2. The first-order chi connectivity index (χ1) is 11.7. The summed E-state index contributed by atoms with van der Waals surface area (Å²) in [6.07, 6.45) is -0.0888. The molecule has 0 aliphatic carbocycles. The van der Waals surface area contributed by atoms with Gasteiger partial charge < -0.3 is 14.8 Å². The standard InChI is InChI=1S/C12H19FN4O7S.Na/c13-7-3-8(14-4-7)6-23-15-11(18)10-2-1-9-5-16(10)12(19)17(9)24-25(20,21)22;/h7-10,14H,1-6H2,(H,15,18)(H,20,21,22);/q;+1/p-1/t7-,8+,9+,10-;/m0./s1. The molecule has 0 aromatic rings. The molecule has 0 radical (unpaired) electrons. The van der Waals surface area contributed by atoms with Crippen LogP contribution >= 0.6 is 0 Å². The summed E-state index contributed by atoms with van der Waals surface area (Å²) in [5, 5.41) is 3.40. The number of nitrogens with one attached hydrogen (secondary N) is 2. The van der Waals surface area contributed by atoms with Crippen molar-refractivity contribution in [1.82, 2.24) is 20.8 Å². The number of nitrogens with zero attached hydrogens (tertiary/aromatic N) is 2. The molecule has 4 atom stereocenters. The first-order valence-electron chi connectivity index (χ1n) is 7.79. The Kier molecular flexibility index (Phi) is 7.23. The van der Waals surface area contributed by atoms with E-state index >= 15 is 0 Å². The average molecular weight is 404 g/mol. The SMILES string of the molecule is O=C(NOC[C@H]1C[C@H](F)CN1)[C@@H]1CC[C@@H]2CN1C(=O)N2OS(=O)(=O)[O-].[Na+]. The van der Waals surface area contributed by atoms with E-state index in [1.165, 1.54) is 0 Å². The fourth-order valence-electron chi connectivity index (χ4n) is 3.28. The van der Waals surface area contributed by atoms with Gasteiger partial charge in [0, 0.05) is 19.1 Å². The number of amides is 3. The summed E-state index contributed by atoms with van der Waals surface area (Å²) in [5.41, 5.74) is 2.23. The number of hydrogen-bond donors (Lipinski definition) is 2. The Balaban J connectivity index is 0.00000243. The van der Waals surface area contributed by atoms with Crippen molar-refractivity contribution in [3.05, 3.63) is 0 Å². The molecule has 0 aromatic heterocycles. The molecular formula is C12H18FN4NaO7S. The van der Waals surface area contributed by atoms with Crippen LogP contribution in [0.5, 0.6) is 0 Å². The van der Waals surface area contributed by atoms with Crippen molar-refractivity contribution in [2.75, 3.05) is 19.7 Å². The van der Waals surface area contributed by atoms with Crippen LogP contribution < -0.4 is 40.4 Å². The van der Waals surface area contributed by atoms with Crippen molar-refractivity contribution < 1.29 is 65.6 Å². The van der Waals surface area contributed by atoms with Gasteiger partial charge in [-0.05, 0) is 19.3 Å². The van der Waals surface area contributed by atoms with Gasteiger partial charge in [0.05, 0.1) is 12.6 Å². The predicted octanol–water partition coefficient (Wildman–Crippen LogP) is -4.60. The number of halogens is 1. The maximum Gasteiger partial charge on any atom is 1.00 e. The Morgan fingerprint density at radius 1 is 1.42 bits per heavy atom. The van der Waals surface area contributed by atoms with Crippen LogP contribution in [0, 0.1) is 0 Å². The van der Waals surface area contributed by atoms with Crippen LogP contribution in [0.2, 0.25) is 0 Å². The second-order valence-corrected chi connectivity index (χ2v) is 7.17. The third kappa shape index (κ3) is 5.04. The van der Waals surface area contributed by atoms with Gasteiger partial charge in [0.15, 0.2) is 0 Å². The first-order valence-corrected chi connectivity index (χ1v) is 9.12. The van der Waals surface area contributed by atoms with Crippen molar-refractivity contribution in [3.63, 3.8) is 0 Å². The molecule has 14 heteroatoms. The number of rotatable bonds is 6. The van der Waals surface area contributed by atoms with Crippen LogP contribution in [0.1, 0.15) is 19.3 Å². The van der Waals surface area contributed by atoms with Gasteiger partial charge in [0.25, 0.3) is 5.91 Å². The quantitative estimate of drug-likeness (QED) is 0.195. The molecule has 11 nitrogen and oxygen atoms in total. The molecule has 3 saturated heterocycles. The monoisotopic (exact) mass is 404 g/mol. The third-order valence-corrected chi connectivity index (χ3v) is 4.77. The molecule has 3 heterocycles. The zero-order chi connectivity index (χ0) is 18.2. The Bertz CT molecular complexity index is 653. The summed E-state index contributed by atoms with van der Waals surface area (Å²) in [6.45, 7) is 0.395. The first kappa shape index (κ1) is 21.8. The normalized spacial score (nSPS) is 31.1. The summed E-state index contributed by atoms with van der Waals surface area (Å²) in [7, 11) is -5.08. The number of urea groups is 1. The van der Waals surface area contributed by atoms with Crippen LogP contribution in [0.25, 0.3) is 0 Å². The molecule has 2 bridgehead atoms. The van der Waals surface area contributed by atoms with E-state index in [9.17, 15) is 27.0 Å². The van der Waals surface area contributed by atoms with Gasteiger partial charge in [-0.15, -0.1) is 0 Å². The van der Waals surface area contributed by atoms with Crippen molar-refractivity contribution in [2.24, 2.45) is 0 Å². The van der Waals surface area contributed by atoms with Gasteiger partial charge in [-0.1, -0.05) is 0 Å². The van der Waals surface area contributed by atoms with E-state index in [1.807, 2.05) is 0 Å². The molecular weight excluding hydrogens is 386 g/mol. The molecule has 3 fully saturated rings. The van der Waals surface area contributed by atoms with E-state index in [0.29, 0.717) is 17.9 Å². The molecule has 3 aliphatic heterocycles. The van der Waals surface area contributed by atoms with Crippen molar-refractivity contribution in [3.8, 4) is 0 Å². The summed E-state index contributed by atoms with van der Waals surface area (Å²) in [5.74, 6) is -0.576.